The van der Waals surface area contributed by atoms with E-state index in [1.165, 1.54) is 4.68 Å². The van der Waals surface area contributed by atoms with E-state index >= 15 is 0 Å². The van der Waals surface area contributed by atoms with Gasteiger partial charge in [0.15, 0.2) is 0 Å². The minimum atomic E-state index is 0.314. The first kappa shape index (κ1) is 13.4. The Balaban J connectivity index is 2.45. The fourth-order valence-corrected chi connectivity index (χ4v) is 1.99. The molecule has 2 rings (SSSR count). The van der Waals surface area contributed by atoms with Crippen molar-refractivity contribution >= 4 is 5.82 Å². The standard InChI is InChI=1S/C14H13N5O/c1-9-12(7-16)14(17)19(18-9)8-11-5-10(6-15)3-4-13(11)20-2/h3-5H,8,17H2,1-2H3. The molecule has 0 atom stereocenters. The summed E-state index contributed by atoms with van der Waals surface area (Å²) in [5.74, 6) is 0.962. The van der Waals surface area contributed by atoms with Crippen molar-refractivity contribution in [3.05, 3.63) is 40.6 Å². The van der Waals surface area contributed by atoms with E-state index in [0.717, 1.165) is 5.56 Å². The van der Waals surface area contributed by atoms with Crippen LogP contribution in [0.1, 0.15) is 22.4 Å². The number of hydrogen-bond acceptors (Lipinski definition) is 5. The highest BCUT2D eigenvalue weighted by Crippen LogP contribution is 2.23. The topological polar surface area (TPSA) is 101 Å². The van der Waals surface area contributed by atoms with Crippen molar-refractivity contribution in [1.29, 1.82) is 10.5 Å². The van der Waals surface area contributed by atoms with E-state index in [2.05, 4.69) is 11.2 Å². The Morgan fingerprint density at radius 2 is 2.10 bits per heavy atom. The third-order valence-corrected chi connectivity index (χ3v) is 3.01. The average Bonchev–Trinajstić information content (AvgIpc) is 2.72. The normalized spacial score (nSPS) is 9.80. The van der Waals surface area contributed by atoms with Crippen molar-refractivity contribution in [1.82, 2.24) is 9.78 Å². The molecular weight excluding hydrogens is 254 g/mol. The Labute approximate surface area is 116 Å². The molecule has 0 aliphatic carbocycles. The number of rotatable bonds is 3. The molecule has 2 aromatic rings. The maximum Gasteiger partial charge on any atom is 0.140 e. The molecular formula is C14H13N5O. The van der Waals surface area contributed by atoms with E-state index in [1.807, 2.05) is 6.07 Å². The average molecular weight is 267 g/mol. The number of anilines is 1. The van der Waals surface area contributed by atoms with Crippen molar-refractivity contribution in [3.8, 4) is 17.9 Å². The van der Waals surface area contributed by atoms with Crippen molar-refractivity contribution in [2.45, 2.75) is 13.5 Å². The quantitative estimate of drug-likeness (QED) is 0.909. The number of methoxy groups -OCH3 is 1. The number of nitrogen functional groups attached to an aromatic ring is 1. The summed E-state index contributed by atoms with van der Waals surface area (Å²) in [6.45, 7) is 2.07. The lowest BCUT2D eigenvalue weighted by molar-refractivity contribution is 0.407. The zero-order chi connectivity index (χ0) is 14.7. The van der Waals surface area contributed by atoms with Gasteiger partial charge in [-0.1, -0.05) is 0 Å². The van der Waals surface area contributed by atoms with Gasteiger partial charge in [0.2, 0.25) is 0 Å². The van der Waals surface area contributed by atoms with Gasteiger partial charge in [0.1, 0.15) is 23.2 Å². The molecule has 0 spiro atoms. The van der Waals surface area contributed by atoms with Gasteiger partial charge in [0.05, 0.1) is 31.0 Å². The zero-order valence-corrected chi connectivity index (χ0v) is 11.2. The Morgan fingerprint density at radius 1 is 1.35 bits per heavy atom. The molecule has 2 N–H and O–H groups in total. The van der Waals surface area contributed by atoms with Crippen LogP contribution in [0.25, 0.3) is 0 Å². The third-order valence-electron chi connectivity index (χ3n) is 3.01. The summed E-state index contributed by atoms with van der Waals surface area (Å²) in [6, 6.07) is 9.24. The molecule has 1 aromatic carbocycles. The van der Waals surface area contributed by atoms with Gasteiger partial charge in [-0.2, -0.15) is 15.6 Å². The minimum Gasteiger partial charge on any atom is -0.496 e. The van der Waals surface area contributed by atoms with Gasteiger partial charge in [0, 0.05) is 5.56 Å². The van der Waals surface area contributed by atoms with Crippen LogP contribution in [0.3, 0.4) is 0 Å². The van der Waals surface area contributed by atoms with Crippen molar-refractivity contribution in [3.63, 3.8) is 0 Å². The molecule has 0 aliphatic rings. The maximum atomic E-state index is 9.01. The number of aromatic nitrogens is 2. The fourth-order valence-electron chi connectivity index (χ4n) is 1.99. The van der Waals surface area contributed by atoms with Crippen LogP contribution < -0.4 is 10.5 Å². The first-order valence-corrected chi connectivity index (χ1v) is 5.90. The number of hydrogen-bond donors (Lipinski definition) is 1. The lowest BCUT2D eigenvalue weighted by atomic mass is 10.1. The third kappa shape index (κ3) is 2.27. The highest BCUT2D eigenvalue weighted by atomic mass is 16.5. The van der Waals surface area contributed by atoms with Gasteiger partial charge < -0.3 is 10.5 Å². The van der Waals surface area contributed by atoms with Crippen molar-refractivity contribution in [2.75, 3.05) is 12.8 Å². The van der Waals surface area contributed by atoms with Gasteiger partial charge in [-0.05, 0) is 25.1 Å². The van der Waals surface area contributed by atoms with Crippen molar-refractivity contribution in [2.24, 2.45) is 0 Å². The van der Waals surface area contributed by atoms with Gasteiger partial charge in [-0.3, -0.25) is 0 Å². The van der Waals surface area contributed by atoms with Gasteiger partial charge in [0.25, 0.3) is 0 Å². The predicted molar refractivity (Wildman–Crippen MR) is 72.9 cm³/mol. The van der Waals surface area contributed by atoms with Crippen LogP contribution >= 0.6 is 0 Å². The monoisotopic (exact) mass is 267 g/mol. The molecule has 6 nitrogen and oxygen atoms in total. The Bertz CT molecular complexity index is 733. The van der Waals surface area contributed by atoms with Crippen LogP contribution in [0.2, 0.25) is 0 Å². The molecule has 0 amide bonds. The summed E-state index contributed by atoms with van der Waals surface area (Å²) in [4.78, 5) is 0. The number of benzene rings is 1. The van der Waals surface area contributed by atoms with Crippen LogP contribution in [0.5, 0.6) is 5.75 Å². The SMILES string of the molecule is COc1ccc(C#N)cc1Cn1nc(C)c(C#N)c1N. The summed E-state index contributed by atoms with van der Waals surface area (Å²) < 4.78 is 6.80. The van der Waals surface area contributed by atoms with Crippen LogP contribution in [0, 0.1) is 29.6 Å². The Hall–Kier alpha value is -2.99. The van der Waals surface area contributed by atoms with Crippen LogP contribution in [0.15, 0.2) is 18.2 Å². The maximum absolute atomic E-state index is 9.01. The van der Waals surface area contributed by atoms with E-state index in [9.17, 15) is 0 Å². The Kier molecular flexibility index (Phi) is 3.58. The molecule has 0 unspecified atom stereocenters. The second-order valence-corrected chi connectivity index (χ2v) is 4.25. The van der Waals surface area contributed by atoms with E-state index in [-0.39, 0.29) is 0 Å². The molecule has 0 fully saturated rings. The van der Waals surface area contributed by atoms with Crippen LogP contribution in [-0.2, 0) is 6.54 Å². The first-order valence-electron chi connectivity index (χ1n) is 5.90. The highest BCUT2D eigenvalue weighted by Gasteiger charge is 2.14. The van der Waals surface area contributed by atoms with E-state index < -0.39 is 0 Å². The van der Waals surface area contributed by atoms with E-state index in [1.54, 1.807) is 32.2 Å². The fraction of sp³-hybridized carbons (Fsp3) is 0.214. The second-order valence-electron chi connectivity index (χ2n) is 4.25. The molecule has 0 radical (unpaired) electrons. The molecule has 0 saturated heterocycles. The summed E-state index contributed by atoms with van der Waals surface area (Å²) in [7, 11) is 1.56. The molecule has 100 valence electrons. The molecule has 20 heavy (non-hydrogen) atoms. The molecule has 1 aromatic heterocycles. The second kappa shape index (κ2) is 5.33. The van der Waals surface area contributed by atoms with Gasteiger partial charge in [-0.25, -0.2) is 4.68 Å². The molecule has 0 bridgehead atoms. The van der Waals surface area contributed by atoms with Crippen LogP contribution in [0.4, 0.5) is 5.82 Å². The largest absolute Gasteiger partial charge is 0.496 e. The lowest BCUT2D eigenvalue weighted by Crippen LogP contribution is -2.07. The Morgan fingerprint density at radius 3 is 2.65 bits per heavy atom. The molecule has 0 saturated carbocycles. The van der Waals surface area contributed by atoms with E-state index in [4.69, 9.17) is 21.0 Å². The molecule has 1 heterocycles. The summed E-state index contributed by atoms with van der Waals surface area (Å²) >= 11 is 0. The highest BCUT2D eigenvalue weighted by molar-refractivity contribution is 5.52. The smallest absolute Gasteiger partial charge is 0.140 e. The number of aryl methyl sites for hydroxylation is 1. The number of nitrogens with two attached hydrogens (primary N) is 1. The summed E-state index contributed by atoms with van der Waals surface area (Å²) in [5, 5.41) is 22.2. The lowest BCUT2D eigenvalue weighted by Gasteiger charge is -2.10. The number of nitrogens with zero attached hydrogens (tertiary/aromatic N) is 4. The first-order chi connectivity index (χ1) is 9.60. The summed E-state index contributed by atoms with van der Waals surface area (Å²) in [6.07, 6.45) is 0. The predicted octanol–water partition coefficient (Wildman–Crippen LogP) is 1.57. The van der Waals surface area contributed by atoms with Gasteiger partial charge >= 0.3 is 0 Å². The number of ether oxygens (including phenoxy) is 1. The number of nitriles is 2. The van der Waals surface area contributed by atoms with Gasteiger partial charge in [-0.15, -0.1) is 0 Å². The van der Waals surface area contributed by atoms with E-state index in [0.29, 0.717) is 34.9 Å². The zero-order valence-electron chi connectivity index (χ0n) is 11.2. The molecule has 0 aliphatic heterocycles. The van der Waals surface area contributed by atoms with Crippen LogP contribution in [-0.4, -0.2) is 16.9 Å². The summed E-state index contributed by atoms with van der Waals surface area (Å²) in [5.41, 5.74) is 8.17. The minimum absolute atomic E-state index is 0.314. The molecule has 6 heteroatoms. The van der Waals surface area contributed by atoms with Crippen molar-refractivity contribution < 1.29 is 4.74 Å².